The van der Waals surface area contributed by atoms with Crippen molar-refractivity contribution in [1.29, 1.82) is 0 Å². The van der Waals surface area contributed by atoms with Gasteiger partial charge in [-0.2, -0.15) is 0 Å². The average molecular weight is 285 g/mol. The summed E-state index contributed by atoms with van der Waals surface area (Å²) in [4.78, 5) is 11.0. The lowest BCUT2D eigenvalue weighted by atomic mass is 10.1. The third-order valence-electron chi connectivity index (χ3n) is 2.98. The predicted octanol–water partition coefficient (Wildman–Crippen LogP) is 2.25. The minimum atomic E-state index is -0.482. The van der Waals surface area contributed by atoms with Gasteiger partial charge >= 0.3 is 0 Å². The molecule has 0 aliphatic rings. The molecule has 1 amide bonds. The fourth-order valence-electron chi connectivity index (χ4n) is 1.88. The zero-order valence-corrected chi connectivity index (χ0v) is 11.7. The quantitative estimate of drug-likeness (QED) is 0.537. The molecule has 0 aliphatic heterocycles. The number of hydrogen-bond donors (Lipinski definition) is 3. The highest BCUT2D eigenvalue weighted by Gasteiger charge is 2.04. The maximum atomic E-state index is 11.0. The fraction of sp³-hybridized carbons (Fsp3) is 0.188. The van der Waals surface area contributed by atoms with Crippen LogP contribution < -0.4 is 21.5 Å². The van der Waals surface area contributed by atoms with Gasteiger partial charge in [-0.25, -0.2) is 0 Å². The van der Waals surface area contributed by atoms with E-state index >= 15 is 0 Å². The number of nitrogens with one attached hydrogen (secondary N) is 1. The Morgan fingerprint density at radius 1 is 1.14 bits per heavy atom. The molecule has 0 saturated carbocycles. The number of carbonyl (C=O) groups excluding carboxylic acids is 1. The van der Waals surface area contributed by atoms with Crippen LogP contribution in [0.1, 0.15) is 16.8 Å². The van der Waals surface area contributed by atoms with E-state index in [0.717, 1.165) is 24.4 Å². The molecule has 0 unspecified atom stereocenters. The Kier molecular flexibility index (Phi) is 5.04. The number of rotatable bonds is 7. The Labute approximate surface area is 123 Å². The van der Waals surface area contributed by atoms with Crippen LogP contribution in [0.15, 0.2) is 48.5 Å². The number of para-hydroxylation sites is 1. The van der Waals surface area contributed by atoms with Gasteiger partial charge in [-0.1, -0.05) is 18.2 Å². The van der Waals surface area contributed by atoms with Crippen molar-refractivity contribution in [3.05, 3.63) is 54.1 Å². The van der Waals surface area contributed by atoms with E-state index in [0.29, 0.717) is 17.9 Å². The van der Waals surface area contributed by atoms with Gasteiger partial charge in [0.2, 0.25) is 5.91 Å². The first-order valence-electron chi connectivity index (χ1n) is 6.78. The van der Waals surface area contributed by atoms with Crippen molar-refractivity contribution in [2.75, 3.05) is 24.2 Å². The standard InChI is InChI=1S/C16H19N3O2/c17-14-11-12(16(18)20)7-8-15(14)19-9-4-10-21-13-5-2-1-3-6-13/h1-3,5-8,11,19H,4,9-10,17H2,(H2,18,20). The van der Waals surface area contributed by atoms with E-state index in [-0.39, 0.29) is 0 Å². The van der Waals surface area contributed by atoms with Crippen molar-refractivity contribution in [3.63, 3.8) is 0 Å². The maximum Gasteiger partial charge on any atom is 0.248 e. The molecule has 0 radical (unpaired) electrons. The van der Waals surface area contributed by atoms with Gasteiger partial charge in [-0.05, 0) is 36.8 Å². The number of anilines is 2. The van der Waals surface area contributed by atoms with Crippen LogP contribution in [0.4, 0.5) is 11.4 Å². The van der Waals surface area contributed by atoms with Gasteiger partial charge in [0, 0.05) is 12.1 Å². The Hall–Kier alpha value is -2.69. The van der Waals surface area contributed by atoms with Gasteiger partial charge in [-0.3, -0.25) is 4.79 Å². The lowest BCUT2D eigenvalue weighted by molar-refractivity contribution is 0.100. The predicted molar refractivity (Wildman–Crippen MR) is 84.4 cm³/mol. The van der Waals surface area contributed by atoms with Crippen LogP contribution in [0.3, 0.4) is 0 Å². The van der Waals surface area contributed by atoms with Gasteiger partial charge in [-0.15, -0.1) is 0 Å². The Bertz CT molecular complexity index is 600. The van der Waals surface area contributed by atoms with Crippen LogP contribution in [0.25, 0.3) is 0 Å². The summed E-state index contributed by atoms with van der Waals surface area (Å²) in [5.74, 6) is 0.382. The number of nitrogen functional groups attached to an aromatic ring is 1. The number of amides is 1. The van der Waals surface area contributed by atoms with Crippen LogP contribution in [0.2, 0.25) is 0 Å². The van der Waals surface area contributed by atoms with Crippen molar-refractivity contribution in [2.24, 2.45) is 5.73 Å². The summed E-state index contributed by atoms with van der Waals surface area (Å²) >= 11 is 0. The molecule has 2 aromatic rings. The molecular weight excluding hydrogens is 266 g/mol. The molecule has 2 rings (SSSR count). The number of carbonyl (C=O) groups is 1. The molecular formula is C16H19N3O2. The van der Waals surface area contributed by atoms with Crippen molar-refractivity contribution < 1.29 is 9.53 Å². The van der Waals surface area contributed by atoms with E-state index in [9.17, 15) is 4.79 Å². The topological polar surface area (TPSA) is 90.4 Å². The second-order valence-electron chi connectivity index (χ2n) is 4.61. The zero-order chi connectivity index (χ0) is 15.1. The molecule has 0 aromatic heterocycles. The fourth-order valence-corrected chi connectivity index (χ4v) is 1.88. The van der Waals surface area contributed by atoms with Gasteiger partial charge < -0.3 is 21.5 Å². The SMILES string of the molecule is NC(=O)c1ccc(NCCCOc2ccccc2)c(N)c1. The van der Waals surface area contributed by atoms with E-state index in [1.54, 1.807) is 18.2 Å². The van der Waals surface area contributed by atoms with Gasteiger partial charge in [0.1, 0.15) is 5.75 Å². The van der Waals surface area contributed by atoms with Crippen LogP contribution >= 0.6 is 0 Å². The van der Waals surface area contributed by atoms with Crippen molar-refractivity contribution >= 4 is 17.3 Å². The van der Waals surface area contributed by atoms with E-state index in [1.165, 1.54) is 0 Å². The highest BCUT2D eigenvalue weighted by molar-refractivity contribution is 5.94. The molecule has 0 bridgehead atoms. The molecule has 0 aliphatic carbocycles. The minimum Gasteiger partial charge on any atom is -0.494 e. The van der Waals surface area contributed by atoms with E-state index in [4.69, 9.17) is 16.2 Å². The molecule has 5 N–H and O–H groups in total. The van der Waals surface area contributed by atoms with Crippen LogP contribution in [0.5, 0.6) is 5.75 Å². The molecule has 0 fully saturated rings. The summed E-state index contributed by atoms with van der Waals surface area (Å²) in [5.41, 5.74) is 12.8. The van der Waals surface area contributed by atoms with Gasteiger partial charge in [0.25, 0.3) is 0 Å². The van der Waals surface area contributed by atoms with Crippen molar-refractivity contribution in [1.82, 2.24) is 0 Å². The third-order valence-corrected chi connectivity index (χ3v) is 2.98. The summed E-state index contributed by atoms with van der Waals surface area (Å²) in [6.45, 7) is 1.35. The molecule has 0 saturated heterocycles. The van der Waals surface area contributed by atoms with E-state index in [1.807, 2.05) is 30.3 Å². The molecule has 0 heterocycles. The highest BCUT2D eigenvalue weighted by atomic mass is 16.5. The second kappa shape index (κ2) is 7.19. The molecule has 0 atom stereocenters. The lowest BCUT2D eigenvalue weighted by Crippen LogP contribution is -2.12. The number of hydrogen-bond acceptors (Lipinski definition) is 4. The highest BCUT2D eigenvalue weighted by Crippen LogP contribution is 2.19. The van der Waals surface area contributed by atoms with Gasteiger partial charge in [0.05, 0.1) is 18.0 Å². The van der Waals surface area contributed by atoms with E-state index in [2.05, 4.69) is 5.32 Å². The smallest absolute Gasteiger partial charge is 0.248 e. The number of benzene rings is 2. The summed E-state index contributed by atoms with van der Waals surface area (Å²) in [6.07, 6.45) is 0.839. The maximum absolute atomic E-state index is 11.0. The van der Waals surface area contributed by atoms with E-state index < -0.39 is 5.91 Å². The summed E-state index contributed by atoms with van der Waals surface area (Å²) in [6, 6.07) is 14.7. The third kappa shape index (κ3) is 4.42. The molecule has 2 aromatic carbocycles. The normalized spacial score (nSPS) is 10.1. The number of ether oxygens (including phenoxy) is 1. The van der Waals surface area contributed by atoms with Gasteiger partial charge in [0.15, 0.2) is 0 Å². The first-order chi connectivity index (χ1) is 10.2. The molecule has 21 heavy (non-hydrogen) atoms. The average Bonchev–Trinajstić information content (AvgIpc) is 2.49. The Morgan fingerprint density at radius 2 is 1.90 bits per heavy atom. The van der Waals surface area contributed by atoms with Crippen LogP contribution in [0, 0.1) is 0 Å². The summed E-state index contributed by atoms with van der Waals surface area (Å²) in [5, 5.41) is 3.21. The minimum absolute atomic E-state index is 0.408. The molecule has 5 heteroatoms. The second-order valence-corrected chi connectivity index (χ2v) is 4.61. The van der Waals surface area contributed by atoms with Crippen LogP contribution in [-0.4, -0.2) is 19.1 Å². The largest absolute Gasteiger partial charge is 0.494 e. The Morgan fingerprint density at radius 3 is 2.57 bits per heavy atom. The first kappa shape index (κ1) is 14.7. The first-order valence-corrected chi connectivity index (χ1v) is 6.78. The molecule has 110 valence electrons. The van der Waals surface area contributed by atoms with Crippen molar-refractivity contribution in [2.45, 2.75) is 6.42 Å². The Balaban J connectivity index is 1.75. The summed E-state index contributed by atoms with van der Waals surface area (Å²) < 4.78 is 5.59. The number of nitrogens with two attached hydrogens (primary N) is 2. The number of primary amides is 1. The van der Waals surface area contributed by atoms with Crippen molar-refractivity contribution in [3.8, 4) is 5.75 Å². The zero-order valence-electron chi connectivity index (χ0n) is 11.7. The monoisotopic (exact) mass is 285 g/mol. The molecule has 5 nitrogen and oxygen atoms in total. The lowest BCUT2D eigenvalue weighted by Gasteiger charge is -2.10. The summed E-state index contributed by atoms with van der Waals surface area (Å²) in [7, 11) is 0. The van der Waals surface area contributed by atoms with Crippen LogP contribution in [-0.2, 0) is 0 Å². The molecule has 0 spiro atoms.